The van der Waals surface area contributed by atoms with Crippen molar-refractivity contribution in [2.24, 2.45) is 5.92 Å². The van der Waals surface area contributed by atoms with E-state index in [1.165, 1.54) is 0 Å². The molecule has 1 aromatic carbocycles. The van der Waals surface area contributed by atoms with Gasteiger partial charge in [-0.05, 0) is 17.5 Å². The Morgan fingerprint density at radius 2 is 2.17 bits per heavy atom. The maximum Gasteiger partial charge on any atom is 0.243 e. The van der Waals surface area contributed by atoms with Crippen molar-refractivity contribution in [1.82, 2.24) is 15.2 Å². The van der Waals surface area contributed by atoms with Gasteiger partial charge in [-0.25, -0.2) is 0 Å². The van der Waals surface area contributed by atoms with Gasteiger partial charge >= 0.3 is 0 Å². The summed E-state index contributed by atoms with van der Waals surface area (Å²) in [6.07, 6.45) is 2.21. The summed E-state index contributed by atoms with van der Waals surface area (Å²) >= 11 is 1.63. The number of fused-ring (bicyclic) bond motifs is 1. The second-order valence-electron chi connectivity index (χ2n) is 6.55. The molecule has 0 aliphatic carbocycles. The third-order valence-corrected chi connectivity index (χ3v) is 5.22. The molecule has 1 aliphatic heterocycles. The Bertz CT molecular complexity index is 741. The lowest BCUT2D eigenvalue weighted by molar-refractivity contribution is -0.137. The summed E-state index contributed by atoms with van der Waals surface area (Å²) in [4.78, 5) is 30.0. The Labute approximate surface area is 146 Å². The maximum absolute atomic E-state index is 12.7. The van der Waals surface area contributed by atoms with Crippen LogP contribution in [0.25, 0.3) is 10.9 Å². The Morgan fingerprint density at radius 1 is 1.38 bits per heavy atom. The molecule has 0 radical (unpaired) electrons. The molecular formula is C18H23N3O2S. The van der Waals surface area contributed by atoms with Crippen LogP contribution in [0.15, 0.2) is 30.5 Å². The summed E-state index contributed by atoms with van der Waals surface area (Å²) in [5.74, 6) is 1.62. The van der Waals surface area contributed by atoms with Gasteiger partial charge in [0.05, 0.1) is 12.3 Å². The maximum atomic E-state index is 12.7. The van der Waals surface area contributed by atoms with Crippen molar-refractivity contribution in [1.29, 1.82) is 0 Å². The van der Waals surface area contributed by atoms with Crippen LogP contribution >= 0.6 is 11.8 Å². The quantitative estimate of drug-likeness (QED) is 0.874. The molecule has 1 unspecified atom stereocenters. The molecule has 1 atom stereocenters. The third-order valence-electron chi connectivity index (χ3n) is 4.21. The van der Waals surface area contributed by atoms with Gasteiger partial charge in [0.1, 0.15) is 6.04 Å². The van der Waals surface area contributed by atoms with Crippen molar-refractivity contribution in [3.63, 3.8) is 0 Å². The van der Waals surface area contributed by atoms with E-state index in [1.54, 1.807) is 16.7 Å². The van der Waals surface area contributed by atoms with Crippen LogP contribution in [0.1, 0.15) is 19.4 Å². The average molecular weight is 345 g/mol. The fraction of sp³-hybridized carbons (Fsp3) is 0.444. The van der Waals surface area contributed by atoms with Crippen LogP contribution in [-0.2, 0) is 16.0 Å². The summed E-state index contributed by atoms with van der Waals surface area (Å²) in [6, 6.07) is 7.60. The second-order valence-corrected chi connectivity index (χ2v) is 7.55. The predicted molar refractivity (Wildman–Crippen MR) is 97.8 cm³/mol. The number of rotatable bonds is 5. The minimum absolute atomic E-state index is 0.00875. The Hall–Kier alpha value is -1.95. The largest absolute Gasteiger partial charge is 0.361 e. The molecule has 1 aliphatic rings. The number of amides is 2. The van der Waals surface area contributed by atoms with Crippen LogP contribution in [0.5, 0.6) is 0 Å². The predicted octanol–water partition coefficient (Wildman–Crippen LogP) is 2.38. The first-order valence-corrected chi connectivity index (χ1v) is 9.41. The number of hydrogen-bond donors (Lipinski definition) is 2. The topological polar surface area (TPSA) is 65.2 Å². The van der Waals surface area contributed by atoms with Gasteiger partial charge < -0.3 is 15.2 Å². The first-order valence-electron chi connectivity index (χ1n) is 8.26. The normalized spacial score (nSPS) is 17.6. The molecule has 24 heavy (non-hydrogen) atoms. The number of carbonyl (C=O) groups excluding carboxylic acids is 2. The van der Waals surface area contributed by atoms with E-state index in [-0.39, 0.29) is 17.9 Å². The molecule has 2 amide bonds. The highest BCUT2D eigenvalue weighted by molar-refractivity contribution is 7.99. The zero-order valence-electron chi connectivity index (χ0n) is 14.0. The zero-order valence-corrected chi connectivity index (χ0v) is 14.9. The fourth-order valence-electron chi connectivity index (χ4n) is 2.87. The summed E-state index contributed by atoms with van der Waals surface area (Å²) < 4.78 is 0. The minimum atomic E-state index is -0.355. The summed E-state index contributed by atoms with van der Waals surface area (Å²) in [7, 11) is 0. The van der Waals surface area contributed by atoms with Gasteiger partial charge in [0.2, 0.25) is 11.8 Å². The number of hydrogen-bond acceptors (Lipinski definition) is 3. The van der Waals surface area contributed by atoms with Gasteiger partial charge in [0, 0.05) is 29.4 Å². The van der Waals surface area contributed by atoms with E-state index in [0.717, 1.165) is 16.5 Å². The Kier molecular flexibility index (Phi) is 5.14. The van der Waals surface area contributed by atoms with E-state index >= 15 is 0 Å². The van der Waals surface area contributed by atoms with E-state index in [0.29, 0.717) is 30.5 Å². The van der Waals surface area contributed by atoms with Crippen LogP contribution in [0.2, 0.25) is 0 Å². The van der Waals surface area contributed by atoms with Crippen molar-refractivity contribution < 1.29 is 9.59 Å². The Morgan fingerprint density at radius 3 is 2.96 bits per heavy atom. The van der Waals surface area contributed by atoms with E-state index in [1.807, 2.05) is 30.5 Å². The number of H-pyrrole nitrogens is 1. The highest BCUT2D eigenvalue weighted by atomic mass is 32.2. The highest BCUT2D eigenvalue weighted by Crippen LogP contribution is 2.24. The minimum Gasteiger partial charge on any atom is -0.361 e. The fourth-order valence-corrected chi connectivity index (χ4v) is 4.05. The zero-order chi connectivity index (χ0) is 17.1. The van der Waals surface area contributed by atoms with Gasteiger partial charge in [-0.1, -0.05) is 32.0 Å². The van der Waals surface area contributed by atoms with Gasteiger partial charge in [-0.2, -0.15) is 0 Å². The van der Waals surface area contributed by atoms with E-state index in [2.05, 4.69) is 24.1 Å². The number of aromatic amines is 1. The standard InChI is InChI=1S/C18H23N3O2S/c1-12(2)8-20-18(23)16-10-24-11-21(16)17(22)7-13-9-19-15-6-4-3-5-14(13)15/h3-6,9,12,16,19H,7-8,10-11H2,1-2H3,(H,20,23). The summed E-state index contributed by atoms with van der Waals surface area (Å²) in [5, 5.41) is 4.01. The van der Waals surface area contributed by atoms with Gasteiger partial charge in [0.15, 0.2) is 0 Å². The number of aromatic nitrogens is 1. The lowest BCUT2D eigenvalue weighted by Crippen LogP contribution is -2.48. The highest BCUT2D eigenvalue weighted by Gasteiger charge is 2.34. The molecule has 2 aromatic rings. The monoisotopic (exact) mass is 345 g/mol. The lowest BCUT2D eigenvalue weighted by Gasteiger charge is -2.23. The number of carbonyl (C=O) groups is 2. The van der Waals surface area contributed by atoms with Gasteiger partial charge in [-0.3, -0.25) is 9.59 Å². The van der Waals surface area contributed by atoms with Crippen molar-refractivity contribution >= 4 is 34.5 Å². The lowest BCUT2D eigenvalue weighted by atomic mass is 10.1. The average Bonchev–Trinajstić information content (AvgIpc) is 3.20. The molecule has 2 N–H and O–H groups in total. The molecule has 0 bridgehead atoms. The second kappa shape index (κ2) is 7.30. The Balaban J connectivity index is 1.68. The van der Waals surface area contributed by atoms with Gasteiger partial charge in [0.25, 0.3) is 0 Å². The number of nitrogens with zero attached hydrogens (tertiary/aromatic N) is 1. The van der Waals surface area contributed by atoms with Crippen LogP contribution in [-0.4, -0.2) is 45.9 Å². The number of nitrogens with one attached hydrogen (secondary N) is 2. The molecule has 3 rings (SSSR count). The summed E-state index contributed by atoms with van der Waals surface area (Å²) in [6.45, 7) is 4.76. The van der Waals surface area contributed by atoms with E-state index in [4.69, 9.17) is 0 Å². The van der Waals surface area contributed by atoms with Crippen LogP contribution < -0.4 is 5.32 Å². The number of thioether (sulfide) groups is 1. The third kappa shape index (κ3) is 3.59. The first kappa shape index (κ1) is 16.9. The van der Waals surface area contributed by atoms with Crippen molar-refractivity contribution in [2.75, 3.05) is 18.2 Å². The number of para-hydroxylation sites is 1. The van der Waals surface area contributed by atoms with E-state index in [9.17, 15) is 9.59 Å². The smallest absolute Gasteiger partial charge is 0.243 e. The van der Waals surface area contributed by atoms with Crippen molar-refractivity contribution in [3.8, 4) is 0 Å². The van der Waals surface area contributed by atoms with Crippen LogP contribution in [0.4, 0.5) is 0 Å². The SMILES string of the molecule is CC(C)CNC(=O)C1CSCN1C(=O)Cc1c[nH]c2ccccc12. The molecule has 1 aromatic heterocycles. The molecule has 6 heteroatoms. The molecule has 1 fully saturated rings. The molecule has 0 spiro atoms. The molecule has 0 saturated carbocycles. The number of benzene rings is 1. The molecular weight excluding hydrogens is 322 g/mol. The molecule has 5 nitrogen and oxygen atoms in total. The van der Waals surface area contributed by atoms with Crippen LogP contribution in [0.3, 0.4) is 0 Å². The van der Waals surface area contributed by atoms with Crippen molar-refractivity contribution in [2.45, 2.75) is 26.3 Å². The first-order chi connectivity index (χ1) is 11.6. The van der Waals surface area contributed by atoms with E-state index < -0.39 is 0 Å². The summed E-state index contributed by atoms with van der Waals surface area (Å²) in [5.41, 5.74) is 2.01. The molecule has 2 heterocycles. The van der Waals surface area contributed by atoms with Crippen LogP contribution in [0, 0.1) is 5.92 Å². The molecule has 128 valence electrons. The van der Waals surface area contributed by atoms with Gasteiger partial charge in [-0.15, -0.1) is 11.8 Å². The van der Waals surface area contributed by atoms with Crippen molar-refractivity contribution in [3.05, 3.63) is 36.0 Å². The molecule has 1 saturated heterocycles.